The van der Waals surface area contributed by atoms with Gasteiger partial charge in [0, 0.05) is 19.0 Å². The summed E-state index contributed by atoms with van der Waals surface area (Å²) in [6.45, 7) is 6.13. The van der Waals surface area contributed by atoms with E-state index in [2.05, 4.69) is 25.6 Å². The molecule has 2 heterocycles. The van der Waals surface area contributed by atoms with E-state index in [1.807, 2.05) is 13.8 Å². The number of nitrogens with one attached hydrogen (secondary N) is 2. The zero-order valence-corrected chi connectivity index (χ0v) is 12.3. The molecule has 2 rings (SSSR count). The van der Waals surface area contributed by atoms with Crippen LogP contribution < -0.4 is 5.32 Å². The maximum atomic E-state index is 11.2. The Morgan fingerprint density at radius 1 is 1.52 bits per heavy atom. The third-order valence-corrected chi connectivity index (χ3v) is 3.07. The molecule has 9 nitrogen and oxygen atoms in total. The van der Waals surface area contributed by atoms with Crippen LogP contribution in [0.1, 0.15) is 37.8 Å². The van der Waals surface area contributed by atoms with Crippen molar-refractivity contribution >= 4 is 11.5 Å². The van der Waals surface area contributed by atoms with Crippen LogP contribution in [0.15, 0.2) is 6.33 Å². The topological polar surface area (TPSA) is 115 Å². The minimum absolute atomic E-state index is 0.0448. The van der Waals surface area contributed by atoms with Gasteiger partial charge in [-0.05, 0) is 27.2 Å². The van der Waals surface area contributed by atoms with E-state index in [4.69, 9.17) is 0 Å². The summed E-state index contributed by atoms with van der Waals surface area (Å²) in [5, 5.41) is 25.1. The molecule has 0 aromatic carbocycles. The van der Waals surface area contributed by atoms with Gasteiger partial charge in [-0.2, -0.15) is 10.2 Å². The van der Waals surface area contributed by atoms with Crippen molar-refractivity contribution in [1.29, 1.82) is 0 Å². The number of nitrogens with zero attached hydrogens (tertiary/aromatic N) is 5. The van der Waals surface area contributed by atoms with Crippen LogP contribution in [0.3, 0.4) is 0 Å². The van der Waals surface area contributed by atoms with Crippen molar-refractivity contribution in [2.75, 3.05) is 11.9 Å². The molecule has 0 unspecified atom stereocenters. The largest absolute Gasteiger partial charge is 0.365 e. The van der Waals surface area contributed by atoms with E-state index >= 15 is 0 Å². The normalized spacial score (nSPS) is 11.0. The Morgan fingerprint density at radius 3 is 2.86 bits per heavy atom. The monoisotopic (exact) mass is 293 g/mol. The summed E-state index contributed by atoms with van der Waals surface area (Å²) in [5.74, 6) is 1.27. The molecule has 2 aromatic rings. The van der Waals surface area contributed by atoms with Crippen LogP contribution >= 0.6 is 0 Å². The standard InChI is InChI=1S/C12H19N7O2/c1-8(2)18-12(11(19(20)21)9(3)17-18)13-6-4-5-10-14-7-15-16-10/h7-8,13H,4-6H2,1-3H3,(H,14,15,16). The predicted octanol–water partition coefficient (Wildman–Crippen LogP) is 1.84. The summed E-state index contributed by atoms with van der Waals surface area (Å²) >= 11 is 0. The van der Waals surface area contributed by atoms with Crippen molar-refractivity contribution in [1.82, 2.24) is 25.0 Å². The number of H-pyrrole nitrogens is 1. The van der Waals surface area contributed by atoms with Crippen molar-refractivity contribution in [3.63, 3.8) is 0 Å². The first-order valence-corrected chi connectivity index (χ1v) is 6.82. The Hall–Kier alpha value is -2.45. The number of hydrogen-bond donors (Lipinski definition) is 2. The Morgan fingerprint density at radius 2 is 2.29 bits per heavy atom. The Balaban J connectivity index is 2.05. The van der Waals surface area contributed by atoms with E-state index in [-0.39, 0.29) is 16.7 Å². The first kappa shape index (κ1) is 14.9. The predicted molar refractivity (Wildman–Crippen MR) is 77.2 cm³/mol. The average Bonchev–Trinajstić information content (AvgIpc) is 3.02. The number of aromatic nitrogens is 5. The molecule has 0 atom stereocenters. The fourth-order valence-electron chi connectivity index (χ4n) is 2.11. The van der Waals surface area contributed by atoms with Crippen molar-refractivity contribution in [2.45, 2.75) is 39.7 Å². The molecule has 2 N–H and O–H groups in total. The van der Waals surface area contributed by atoms with Crippen molar-refractivity contribution in [3.05, 3.63) is 28.0 Å². The minimum atomic E-state index is -0.389. The summed E-state index contributed by atoms with van der Waals surface area (Å²) in [6.07, 6.45) is 2.98. The molecule has 0 fully saturated rings. The van der Waals surface area contributed by atoms with Gasteiger partial charge < -0.3 is 5.32 Å². The highest BCUT2D eigenvalue weighted by Gasteiger charge is 2.26. The number of hydrogen-bond acceptors (Lipinski definition) is 6. The fourth-order valence-corrected chi connectivity index (χ4v) is 2.11. The molecule has 21 heavy (non-hydrogen) atoms. The molecule has 0 saturated heterocycles. The highest BCUT2D eigenvalue weighted by molar-refractivity contribution is 5.59. The molecule has 9 heteroatoms. The smallest absolute Gasteiger partial charge is 0.333 e. The van der Waals surface area contributed by atoms with E-state index in [0.29, 0.717) is 18.1 Å². The summed E-state index contributed by atoms with van der Waals surface area (Å²) < 4.78 is 1.65. The van der Waals surface area contributed by atoms with Crippen LogP contribution in [-0.2, 0) is 6.42 Å². The van der Waals surface area contributed by atoms with Crippen LogP contribution in [0.2, 0.25) is 0 Å². The van der Waals surface area contributed by atoms with E-state index in [0.717, 1.165) is 18.7 Å². The van der Waals surface area contributed by atoms with Crippen LogP contribution in [0.25, 0.3) is 0 Å². The molecule has 114 valence electrons. The number of rotatable bonds is 7. The minimum Gasteiger partial charge on any atom is -0.365 e. The fraction of sp³-hybridized carbons (Fsp3) is 0.583. The zero-order valence-electron chi connectivity index (χ0n) is 12.3. The van der Waals surface area contributed by atoms with E-state index in [1.165, 1.54) is 6.33 Å². The lowest BCUT2D eigenvalue weighted by Gasteiger charge is -2.11. The lowest BCUT2D eigenvalue weighted by Crippen LogP contribution is -2.12. The Labute approximate surface area is 121 Å². The Bertz CT molecular complexity index is 603. The highest BCUT2D eigenvalue weighted by atomic mass is 16.6. The second-order valence-electron chi connectivity index (χ2n) is 5.04. The first-order chi connectivity index (χ1) is 10.0. The van der Waals surface area contributed by atoms with E-state index in [9.17, 15) is 10.1 Å². The van der Waals surface area contributed by atoms with Crippen molar-refractivity contribution < 1.29 is 4.92 Å². The van der Waals surface area contributed by atoms with Gasteiger partial charge in [0.15, 0.2) is 0 Å². The average molecular weight is 293 g/mol. The van der Waals surface area contributed by atoms with Gasteiger partial charge in [-0.25, -0.2) is 9.67 Å². The Kier molecular flexibility index (Phi) is 4.51. The maximum Gasteiger partial charge on any atom is 0.333 e. The molecule has 0 aliphatic heterocycles. The lowest BCUT2D eigenvalue weighted by molar-refractivity contribution is -0.384. The van der Waals surface area contributed by atoms with Crippen molar-refractivity contribution in [2.24, 2.45) is 0 Å². The molecular formula is C12H19N7O2. The van der Waals surface area contributed by atoms with Crippen LogP contribution in [0, 0.1) is 17.0 Å². The van der Waals surface area contributed by atoms with E-state index in [1.54, 1.807) is 11.6 Å². The molecule has 0 saturated carbocycles. The first-order valence-electron chi connectivity index (χ1n) is 6.82. The van der Waals surface area contributed by atoms with Gasteiger partial charge in [0.25, 0.3) is 0 Å². The summed E-state index contributed by atoms with van der Waals surface area (Å²) in [4.78, 5) is 14.8. The number of anilines is 1. The van der Waals surface area contributed by atoms with Gasteiger partial charge in [-0.1, -0.05) is 0 Å². The zero-order chi connectivity index (χ0) is 15.4. The summed E-state index contributed by atoms with van der Waals surface area (Å²) in [7, 11) is 0. The van der Waals surface area contributed by atoms with Crippen LogP contribution in [0.4, 0.5) is 11.5 Å². The van der Waals surface area contributed by atoms with Gasteiger partial charge in [-0.3, -0.25) is 15.2 Å². The van der Waals surface area contributed by atoms with Crippen molar-refractivity contribution in [3.8, 4) is 0 Å². The van der Waals surface area contributed by atoms with Gasteiger partial charge >= 0.3 is 5.69 Å². The third-order valence-electron chi connectivity index (χ3n) is 3.07. The number of aryl methyl sites for hydroxylation is 2. The second kappa shape index (κ2) is 6.33. The summed E-state index contributed by atoms with van der Waals surface area (Å²) in [6, 6.07) is 0.0502. The van der Waals surface area contributed by atoms with E-state index < -0.39 is 0 Å². The van der Waals surface area contributed by atoms with Gasteiger partial charge in [0.1, 0.15) is 17.8 Å². The van der Waals surface area contributed by atoms with Crippen LogP contribution in [-0.4, -0.2) is 36.4 Å². The molecule has 0 aliphatic rings. The summed E-state index contributed by atoms with van der Waals surface area (Å²) in [5.41, 5.74) is 0.467. The SMILES string of the molecule is Cc1nn(C(C)C)c(NCCCc2ncn[nH]2)c1[N+](=O)[O-]. The molecule has 0 aliphatic carbocycles. The quantitative estimate of drug-likeness (QED) is 0.457. The lowest BCUT2D eigenvalue weighted by atomic mass is 10.3. The maximum absolute atomic E-state index is 11.2. The molecule has 2 aromatic heterocycles. The van der Waals surface area contributed by atoms with Gasteiger partial charge in [0.05, 0.1) is 4.92 Å². The molecule has 0 amide bonds. The highest BCUT2D eigenvalue weighted by Crippen LogP contribution is 2.30. The van der Waals surface area contributed by atoms with Crippen LogP contribution in [0.5, 0.6) is 0 Å². The molecule has 0 spiro atoms. The molecular weight excluding hydrogens is 274 g/mol. The van der Waals surface area contributed by atoms with Gasteiger partial charge in [-0.15, -0.1) is 0 Å². The molecule has 0 radical (unpaired) electrons. The molecule has 0 bridgehead atoms. The second-order valence-corrected chi connectivity index (χ2v) is 5.04. The number of nitro groups is 1. The number of aromatic amines is 1. The van der Waals surface area contributed by atoms with Gasteiger partial charge in [0.2, 0.25) is 5.82 Å². The third kappa shape index (κ3) is 3.36.